The summed E-state index contributed by atoms with van der Waals surface area (Å²) >= 11 is 0. The topological polar surface area (TPSA) is 3.24 Å². The smallest absolute Gasteiger partial charge is 0.0473 e. The molecule has 0 fully saturated rings. The van der Waals surface area contributed by atoms with Gasteiger partial charge in [0.05, 0.1) is 0 Å². The van der Waals surface area contributed by atoms with Gasteiger partial charge in [-0.1, -0.05) is 182 Å². The van der Waals surface area contributed by atoms with Crippen molar-refractivity contribution in [2.75, 3.05) is 4.90 Å². The van der Waals surface area contributed by atoms with Crippen LogP contribution in [0, 0.1) is 0 Å². The molecule has 0 saturated carbocycles. The Bertz CT molecular complexity index is 2560. The molecule has 53 heavy (non-hydrogen) atoms. The molecule has 0 aliphatic carbocycles. The molecule has 0 bridgehead atoms. The molecular formula is C52H37N. The molecule has 1 nitrogen and oxygen atoms in total. The lowest BCUT2D eigenvalue weighted by Crippen LogP contribution is -2.10. The van der Waals surface area contributed by atoms with Crippen molar-refractivity contribution in [3.05, 3.63) is 224 Å². The first kappa shape index (κ1) is 32.0. The van der Waals surface area contributed by atoms with Gasteiger partial charge in [-0.15, -0.1) is 0 Å². The van der Waals surface area contributed by atoms with Gasteiger partial charge in [0.1, 0.15) is 0 Å². The molecule has 0 unspecified atom stereocenters. The Labute approximate surface area is 311 Å². The average molecular weight is 676 g/mol. The van der Waals surface area contributed by atoms with Crippen molar-refractivity contribution in [3.63, 3.8) is 0 Å². The molecule has 0 aromatic heterocycles. The summed E-state index contributed by atoms with van der Waals surface area (Å²) < 4.78 is 0. The minimum absolute atomic E-state index is 1.09. The summed E-state index contributed by atoms with van der Waals surface area (Å²) in [7, 11) is 0. The van der Waals surface area contributed by atoms with Gasteiger partial charge < -0.3 is 4.90 Å². The lowest BCUT2D eigenvalue weighted by atomic mass is 9.96. The maximum absolute atomic E-state index is 2.40. The van der Waals surface area contributed by atoms with Crippen molar-refractivity contribution in [1.29, 1.82) is 0 Å². The van der Waals surface area contributed by atoms with Crippen LogP contribution in [0.1, 0.15) is 0 Å². The molecule has 0 heterocycles. The lowest BCUT2D eigenvalue weighted by Gasteiger charge is -2.27. The van der Waals surface area contributed by atoms with Crippen LogP contribution in [0.25, 0.3) is 66.4 Å². The van der Waals surface area contributed by atoms with Crippen LogP contribution >= 0.6 is 0 Å². The van der Waals surface area contributed by atoms with Crippen molar-refractivity contribution in [3.8, 4) is 55.6 Å². The van der Waals surface area contributed by atoms with Crippen LogP contribution in [-0.2, 0) is 0 Å². The zero-order valence-electron chi connectivity index (χ0n) is 29.3. The highest BCUT2D eigenvalue weighted by Crippen LogP contribution is 2.42. The molecule has 0 amide bonds. The first-order valence-electron chi connectivity index (χ1n) is 18.2. The number of nitrogens with zero attached hydrogens (tertiary/aromatic N) is 1. The largest absolute Gasteiger partial charge is 0.310 e. The zero-order chi connectivity index (χ0) is 35.4. The second-order valence-corrected chi connectivity index (χ2v) is 13.4. The molecule has 1 heteroatoms. The monoisotopic (exact) mass is 675 g/mol. The van der Waals surface area contributed by atoms with Gasteiger partial charge in [0.2, 0.25) is 0 Å². The van der Waals surface area contributed by atoms with E-state index in [-0.39, 0.29) is 0 Å². The molecule has 9 aromatic rings. The Morgan fingerprint density at radius 3 is 1.23 bits per heavy atom. The molecule has 0 N–H and O–H groups in total. The predicted octanol–water partition coefficient (Wildman–Crippen LogP) is 14.6. The highest BCUT2D eigenvalue weighted by Gasteiger charge is 2.17. The van der Waals surface area contributed by atoms with E-state index in [9.17, 15) is 0 Å². The summed E-state index contributed by atoms with van der Waals surface area (Å²) in [5, 5.41) is 2.49. The van der Waals surface area contributed by atoms with Gasteiger partial charge in [0, 0.05) is 17.1 Å². The van der Waals surface area contributed by atoms with Crippen LogP contribution in [-0.4, -0.2) is 0 Å². The number of benzene rings is 9. The quantitative estimate of drug-likeness (QED) is 0.155. The van der Waals surface area contributed by atoms with Gasteiger partial charge in [-0.2, -0.15) is 0 Å². The van der Waals surface area contributed by atoms with Crippen LogP contribution < -0.4 is 4.90 Å². The summed E-state index contributed by atoms with van der Waals surface area (Å²) in [6.07, 6.45) is 0. The van der Waals surface area contributed by atoms with Crippen molar-refractivity contribution < 1.29 is 0 Å². The van der Waals surface area contributed by atoms with Crippen molar-refractivity contribution in [1.82, 2.24) is 0 Å². The van der Waals surface area contributed by atoms with E-state index in [2.05, 4.69) is 229 Å². The van der Waals surface area contributed by atoms with E-state index in [1.807, 2.05) is 0 Å². The van der Waals surface area contributed by atoms with Gasteiger partial charge in [0.25, 0.3) is 0 Å². The van der Waals surface area contributed by atoms with E-state index in [0.717, 1.165) is 17.1 Å². The normalized spacial score (nSPS) is 11.0. The molecule has 0 radical (unpaired) electrons. The summed E-state index contributed by atoms with van der Waals surface area (Å²) in [6, 6.07) is 80.9. The minimum Gasteiger partial charge on any atom is -0.310 e. The first-order chi connectivity index (χ1) is 26.3. The fraction of sp³-hybridized carbons (Fsp3) is 0. The van der Waals surface area contributed by atoms with Crippen LogP contribution in [0.15, 0.2) is 224 Å². The van der Waals surface area contributed by atoms with Crippen LogP contribution in [0.4, 0.5) is 17.1 Å². The summed E-state index contributed by atoms with van der Waals surface area (Å²) in [4.78, 5) is 2.40. The fourth-order valence-electron chi connectivity index (χ4n) is 7.36. The summed E-state index contributed by atoms with van der Waals surface area (Å²) in [6.45, 7) is 0. The second-order valence-electron chi connectivity index (χ2n) is 13.4. The SMILES string of the molecule is c1ccc(-c2ccc(-c3ccc(N(c4cc(-c5ccccc5)cc(-c5ccccc5)c4)c4cccc(-c5cccc6ccccc56)c4)cc3)cc2)cc1. The summed E-state index contributed by atoms with van der Waals surface area (Å²) in [5.74, 6) is 0. The third-order valence-electron chi connectivity index (χ3n) is 10.0. The Balaban J connectivity index is 1.19. The van der Waals surface area contributed by atoms with Crippen LogP contribution in [0.2, 0.25) is 0 Å². The maximum Gasteiger partial charge on any atom is 0.0473 e. The van der Waals surface area contributed by atoms with Gasteiger partial charge in [-0.3, -0.25) is 0 Å². The van der Waals surface area contributed by atoms with Gasteiger partial charge >= 0.3 is 0 Å². The highest BCUT2D eigenvalue weighted by molar-refractivity contribution is 5.97. The number of rotatable bonds is 8. The highest BCUT2D eigenvalue weighted by atomic mass is 15.1. The Morgan fingerprint density at radius 2 is 0.642 bits per heavy atom. The van der Waals surface area contributed by atoms with Gasteiger partial charge in [0.15, 0.2) is 0 Å². The van der Waals surface area contributed by atoms with E-state index in [1.165, 1.54) is 66.4 Å². The third kappa shape index (κ3) is 6.65. The van der Waals surface area contributed by atoms with E-state index in [1.54, 1.807) is 0 Å². The van der Waals surface area contributed by atoms with Gasteiger partial charge in [-0.25, -0.2) is 0 Å². The Kier molecular flexibility index (Phi) is 8.66. The second kappa shape index (κ2) is 14.3. The van der Waals surface area contributed by atoms with Crippen LogP contribution in [0.3, 0.4) is 0 Å². The maximum atomic E-state index is 2.40. The standard InChI is InChI=1S/C52H37N/c1-4-14-38(15-5-1)41-26-28-42(29-27-41)43-30-32-48(33-31-43)53(49-23-12-22-45(35-49)52-25-13-21-44-20-10-11-24-51(44)52)50-36-46(39-16-6-2-7-17-39)34-47(37-50)40-18-8-3-9-19-40/h1-37H. The summed E-state index contributed by atoms with van der Waals surface area (Å²) in [5.41, 5.74) is 15.2. The molecule has 9 aromatic carbocycles. The molecular weight excluding hydrogens is 639 g/mol. The first-order valence-corrected chi connectivity index (χ1v) is 18.2. The molecule has 0 spiro atoms. The Hall–Kier alpha value is -6.96. The van der Waals surface area contributed by atoms with E-state index < -0.39 is 0 Å². The van der Waals surface area contributed by atoms with Crippen LogP contribution in [0.5, 0.6) is 0 Å². The van der Waals surface area contributed by atoms with Crippen molar-refractivity contribution >= 4 is 27.8 Å². The van der Waals surface area contributed by atoms with Crippen molar-refractivity contribution in [2.24, 2.45) is 0 Å². The van der Waals surface area contributed by atoms with E-state index in [0.29, 0.717) is 0 Å². The van der Waals surface area contributed by atoms with Crippen molar-refractivity contribution in [2.45, 2.75) is 0 Å². The lowest BCUT2D eigenvalue weighted by molar-refractivity contribution is 1.28. The molecule has 9 rings (SSSR count). The predicted molar refractivity (Wildman–Crippen MR) is 226 cm³/mol. The molecule has 0 aliphatic rings. The average Bonchev–Trinajstić information content (AvgIpc) is 3.25. The minimum atomic E-state index is 1.09. The van der Waals surface area contributed by atoms with Gasteiger partial charge in [-0.05, 0) is 109 Å². The molecule has 0 saturated heterocycles. The Morgan fingerprint density at radius 1 is 0.226 bits per heavy atom. The van der Waals surface area contributed by atoms with E-state index >= 15 is 0 Å². The zero-order valence-corrected chi connectivity index (χ0v) is 29.3. The number of fused-ring (bicyclic) bond motifs is 1. The number of anilines is 3. The number of hydrogen-bond donors (Lipinski definition) is 0. The molecule has 0 aliphatic heterocycles. The third-order valence-corrected chi connectivity index (χ3v) is 10.0. The molecule has 250 valence electrons. The molecule has 0 atom stereocenters. The number of hydrogen-bond acceptors (Lipinski definition) is 1. The van der Waals surface area contributed by atoms with E-state index in [4.69, 9.17) is 0 Å². The fourth-order valence-corrected chi connectivity index (χ4v) is 7.36.